The van der Waals surface area contributed by atoms with Gasteiger partial charge >= 0.3 is 0 Å². The fraction of sp³-hybridized carbons (Fsp3) is 0.500. The van der Waals surface area contributed by atoms with Gasteiger partial charge in [-0.25, -0.2) is 0 Å². The van der Waals surface area contributed by atoms with Crippen molar-refractivity contribution in [1.82, 2.24) is 9.97 Å². The van der Waals surface area contributed by atoms with Gasteiger partial charge < -0.3 is 0 Å². The van der Waals surface area contributed by atoms with Crippen LogP contribution in [-0.4, -0.2) is 13.9 Å². The van der Waals surface area contributed by atoms with Gasteiger partial charge in [0, 0.05) is 27.7 Å². The lowest BCUT2D eigenvalue weighted by Crippen LogP contribution is -1.87. The molecule has 2 heterocycles. The molecular formula is C20H35IN2. The van der Waals surface area contributed by atoms with Gasteiger partial charge in [0.1, 0.15) is 0 Å². The van der Waals surface area contributed by atoms with E-state index in [1.165, 1.54) is 16.7 Å². The molecule has 0 saturated carbocycles. The van der Waals surface area contributed by atoms with Crippen LogP contribution in [-0.2, 0) is 0 Å². The first-order valence-electron chi connectivity index (χ1n) is 7.16. The van der Waals surface area contributed by atoms with Crippen LogP contribution in [0.5, 0.6) is 0 Å². The minimum absolute atomic E-state index is 0. The molecule has 2 nitrogen and oxygen atoms in total. The molecule has 3 heteroatoms. The Morgan fingerprint density at radius 3 is 1.65 bits per heavy atom. The average molecular weight is 430 g/mol. The molecule has 0 saturated heterocycles. The number of hydrogen-bond acceptors (Lipinski definition) is 2. The number of alkyl halides is 1. The molecule has 0 aliphatic heterocycles. The van der Waals surface area contributed by atoms with Crippen molar-refractivity contribution >= 4 is 22.6 Å². The largest absolute Gasteiger partial charge is 0.262 e. The lowest BCUT2D eigenvalue weighted by Gasteiger charge is -1.99. The summed E-state index contributed by atoms with van der Waals surface area (Å²) in [6.45, 7) is 14.6. The molecule has 0 N–H and O–H groups in total. The average Bonchev–Trinajstić information content (AvgIpc) is 2.35. The minimum atomic E-state index is 0. The number of rotatable bonds is 0. The third-order valence-electron chi connectivity index (χ3n) is 2.78. The molecule has 0 atom stereocenters. The van der Waals surface area contributed by atoms with E-state index in [2.05, 4.69) is 73.2 Å². The quantitative estimate of drug-likeness (QED) is 0.339. The monoisotopic (exact) mass is 430 g/mol. The zero-order valence-electron chi connectivity index (χ0n) is 14.2. The second-order valence-corrected chi connectivity index (χ2v) is 7.82. The fourth-order valence-corrected chi connectivity index (χ4v) is 1.46. The number of aryl methyl sites for hydroxylation is 4. The summed E-state index contributed by atoms with van der Waals surface area (Å²) in [5.74, 6) is 0. The minimum Gasteiger partial charge on any atom is -0.262 e. The summed E-state index contributed by atoms with van der Waals surface area (Å²) < 4.78 is 0.803. The fourth-order valence-electron chi connectivity index (χ4n) is 1.46. The Labute approximate surface area is 158 Å². The van der Waals surface area contributed by atoms with Gasteiger partial charge in [-0.2, -0.15) is 0 Å². The highest BCUT2D eigenvalue weighted by Gasteiger charge is 1.93. The van der Waals surface area contributed by atoms with Crippen molar-refractivity contribution in [3.05, 3.63) is 58.7 Å². The molecular weight excluding hydrogens is 395 g/mol. The number of hydrogen-bond donors (Lipinski definition) is 0. The lowest BCUT2D eigenvalue weighted by molar-refractivity contribution is 1.12. The van der Waals surface area contributed by atoms with Crippen molar-refractivity contribution in [2.24, 2.45) is 0 Å². The van der Waals surface area contributed by atoms with E-state index in [4.69, 9.17) is 0 Å². The van der Waals surface area contributed by atoms with Crippen LogP contribution < -0.4 is 0 Å². The Kier molecular flexibility index (Phi) is 17.1. The van der Waals surface area contributed by atoms with Crippen LogP contribution in [0.1, 0.15) is 56.8 Å². The predicted molar refractivity (Wildman–Crippen MR) is 115 cm³/mol. The highest BCUT2D eigenvalue weighted by atomic mass is 127. The van der Waals surface area contributed by atoms with Crippen molar-refractivity contribution in [3.8, 4) is 0 Å². The van der Waals surface area contributed by atoms with Gasteiger partial charge in [-0.3, -0.25) is 9.97 Å². The van der Waals surface area contributed by atoms with Crippen LogP contribution in [0.3, 0.4) is 0 Å². The molecule has 0 aromatic carbocycles. The van der Waals surface area contributed by atoms with Crippen LogP contribution in [0.2, 0.25) is 0 Å². The maximum absolute atomic E-state index is 4.14. The number of aromatic nitrogens is 2. The Morgan fingerprint density at radius 2 is 1.35 bits per heavy atom. The van der Waals surface area contributed by atoms with Crippen molar-refractivity contribution in [2.45, 2.75) is 67.2 Å². The lowest BCUT2D eigenvalue weighted by atomic mass is 10.1. The zero-order chi connectivity index (χ0) is 16.4. The van der Waals surface area contributed by atoms with Gasteiger partial charge in [-0.05, 0) is 69.5 Å². The summed E-state index contributed by atoms with van der Waals surface area (Å²) in [5, 5.41) is 0. The van der Waals surface area contributed by atoms with E-state index >= 15 is 0 Å². The molecule has 2 aromatic rings. The van der Waals surface area contributed by atoms with Crippen molar-refractivity contribution in [3.63, 3.8) is 0 Å². The second kappa shape index (κ2) is 14.6. The molecule has 2 aromatic heterocycles. The number of halogens is 1. The highest BCUT2D eigenvalue weighted by molar-refractivity contribution is 14.1. The SMILES string of the molecule is C.C.CC(C)I.Cc1ccnc(C)c1.Cc1ccnc(C)c1C. The van der Waals surface area contributed by atoms with Crippen LogP contribution in [0.4, 0.5) is 0 Å². The van der Waals surface area contributed by atoms with Gasteiger partial charge in [-0.1, -0.05) is 51.3 Å². The molecule has 0 bridgehead atoms. The summed E-state index contributed by atoms with van der Waals surface area (Å²) in [6.07, 6.45) is 3.67. The molecule has 0 radical (unpaired) electrons. The Balaban J connectivity index is -0.000000267. The van der Waals surface area contributed by atoms with E-state index in [1.54, 1.807) is 0 Å². The molecule has 0 unspecified atom stereocenters. The normalized spacial score (nSPS) is 8.57. The van der Waals surface area contributed by atoms with Gasteiger partial charge in [-0.15, -0.1) is 0 Å². The summed E-state index contributed by atoms with van der Waals surface area (Å²) in [4.78, 5) is 8.18. The second-order valence-electron chi connectivity index (χ2n) is 5.33. The standard InChI is InChI=1S/C8H11N.C7H9N.C3H7I.2CH4/c1-6-4-5-9-8(3)7(6)2;1-6-3-4-8-7(2)5-6;1-3(2)4;;/h4-5H,1-3H3;3-5H,1-2H3;3H,1-2H3;2*1H4. The molecule has 2 rings (SSSR count). The zero-order valence-corrected chi connectivity index (χ0v) is 16.4. The summed E-state index contributed by atoms with van der Waals surface area (Å²) in [6, 6.07) is 6.08. The van der Waals surface area contributed by atoms with E-state index in [9.17, 15) is 0 Å². The molecule has 0 amide bonds. The van der Waals surface area contributed by atoms with Gasteiger partial charge in [0.15, 0.2) is 0 Å². The maximum atomic E-state index is 4.14. The van der Waals surface area contributed by atoms with Crippen molar-refractivity contribution < 1.29 is 0 Å². The van der Waals surface area contributed by atoms with E-state index in [0.29, 0.717) is 0 Å². The molecule has 0 spiro atoms. The van der Waals surface area contributed by atoms with Crippen LogP contribution in [0.25, 0.3) is 0 Å². The topological polar surface area (TPSA) is 25.8 Å². The van der Waals surface area contributed by atoms with Crippen molar-refractivity contribution in [2.75, 3.05) is 0 Å². The Morgan fingerprint density at radius 1 is 0.870 bits per heavy atom. The first kappa shape index (κ1) is 26.9. The summed E-state index contributed by atoms with van der Waals surface area (Å²) in [5.41, 5.74) is 6.12. The predicted octanol–water partition coefficient (Wildman–Crippen LogP) is 6.81. The van der Waals surface area contributed by atoms with Gasteiger partial charge in [0.05, 0.1) is 0 Å². The summed E-state index contributed by atoms with van der Waals surface area (Å²) in [7, 11) is 0. The van der Waals surface area contributed by atoms with Crippen molar-refractivity contribution in [1.29, 1.82) is 0 Å². The number of pyridine rings is 2. The summed E-state index contributed by atoms with van der Waals surface area (Å²) >= 11 is 2.34. The molecule has 0 fully saturated rings. The van der Waals surface area contributed by atoms with Crippen LogP contribution in [0.15, 0.2) is 30.6 Å². The molecule has 0 aliphatic carbocycles. The van der Waals surface area contributed by atoms with Gasteiger partial charge in [0.2, 0.25) is 0 Å². The first-order chi connectivity index (χ1) is 9.73. The third kappa shape index (κ3) is 14.4. The highest BCUT2D eigenvalue weighted by Crippen LogP contribution is 2.06. The molecule has 23 heavy (non-hydrogen) atoms. The third-order valence-corrected chi connectivity index (χ3v) is 2.78. The van der Waals surface area contributed by atoms with E-state index in [0.717, 1.165) is 15.3 Å². The van der Waals surface area contributed by atoms with E-state index < -0.39 is 0 Å². The first-order valence-corrected chi connectivity index (χ1v) is 8.40. The van der Waals surface area contributed by atoms with Crippen LogP contribution >= 0.6 is 22.6 Å². The van der Waals surface area contributed by atoms with E-state index in [1.807, 2.05) is 38.4 Å². The van der Waals surface area contributed by atoms with E-state index in [-0.39, 0.29) is 14.9 Å². The van der Waals surface area contributed by atoms with Crippen LogP contribution in [0, 0.1) is 34.6 Å². The Hall–Kier alpha value is -0.970. The molecule has 132 valence electrons. The maximum Gasteiger partial charge on any atom is 0.0404 e. The Bertz CT molecular complexity index is 497. The van der Waals surface area contributed by atoms with Gasteiger partial charge in [0.25, 0.3) is 0 Å². The number of nitrogens with zero attached hydrogens (tertiary/aromatic N) is 2. The smallest absolute Gasteiger partial charge is 0.0404 e. The molecule has 0 aliphatic rings.